The number of rotatable bonds is 1. The van der Waals surface area contributed by atoms with Crippen LogP contribution in [0.5, 0.6) is 5.75 Å². The summed E-state index contributed by atoms with van der Waals surface area (Å²) in [5, 5.41) is 12.9. The maximum absolute atomic E-state index is 9.51. The van der Waals surface area contributed by atoms with Crippen LogP contribution in [0.1, 0.15) is 5.56 Å². The number of hydrogen-bond acceptors (Lipinski definition) is 2. The van der Waals surface area contributed by atoms with Crippen LogP contribution in [0, 0.1) is 0 Å². The van der Waals surface area contributed by atoms with E-state index >= 15 is 0 Å². The molecule has 0 bridgehead atoms. The van der Waals surface area contributed by atoms with Gasteiger partial charge in [-0.1, -0.05) is 24.3 Å². The lowest BCUT2D eigenvalue weighted by Gasteiger charge is -2.08. The van der Waals surface area contributed by atoms with Crippen LogP contribution in [-0.4, -0.2) is 11.7 Å². The zero-order valence-corrected chi connectivity index (χ0v) is 8.90. The Morgan fingerprint density at radius 2 is 1.94 bits per heavy atom. The predicted molar refractivity (Wildman–Crippen MR) is 65.7 cm³/mol. The molecule has 16 heavy (non-hydrogen) atoms. The first kappa shape index (κ1) is 9.28. The van der Waals surface area contributed by atoms with Gasteiger partial charge in [0.15, 0.2) is 0 Å². The topological polar surface area (TPSA) is 32.3 Å². The van der Waals surface area contributed by atoms with Crippen LogP contribution in [0.3, 0.4) is 0 Å². The molecule has 1 aliphatic rings. The third kappa shape index (κ3) is 1.43. The van der Waals surface area contributed by atoms with E-state index in [0.717, 1.165) is 18.5 Å². The lowest BCUT2D eigenvalue weighted by atomic mass is 9.98. The van der Waals surface area contributed by atoms with E-state index in [9.17, 15) is 5.11 Å². The number of nitrogens with one attached hydrogen (secondary N) is 1. The first-order chi connectivity index (χ1) is 7.84. The van der Waals surface area contributed by atoms with E-state index in [-0.39, 0.29) is 0 Å². The predicted octanol–water partition coefficient (Wildman–Crippen LogP) is 3.03. The molecule has 0 amide bonds. The van der Waals surface area contributed by atoms with E-state index in [2.05, 4.69) is 23.5 Å². The van der Waals surface area contributed by atoms with E-state index in [1.165, 1.54) is 16.8 Å². The van der Waals surface area contributed by atoms with Gasteiger partial charge in [0.2, 0.25) is 0 Å². The first-order valence-corrected chi connectivity index (χ1v) is 5.50. The van der Waals surface area contributed by atoms with Gasteiger partial charge >= 0.3 is 0 Å². The average molecular weight is 211 g/mol. The summed E-state index contributed by atoms with van der Waals surface area (Å²) in [4.78, 5) is 0. The number of fused-ring (bicyclic) bond motifs is 1. The summed E-state index contributed by atoms with van der Waals surface area (Å²) in [5.41, 5.74) is 4.88. The van der Waals surface area contributed by atoms with E-state index in [1.807, 2.05) is 18.2 Å². The Kier molecular flexibility index (Phi) is 2.07. The van der Waals surface area contributed by atoms with Gasteiger partial charge < -0.3 is 10.4 Å². The van der Waals surface area contributed by atoms with Crippen molar-refractivity contribution in [2.24, 2.45) is 0 Å². The van der Waals surface area contributed by atoms with Crippen LogP contribution in [0.25, 0.3) is 11.1 Å². The third-order valence-corrected chi connectivity index (χ3v) is 3.02. The van der Waals surface area contributed by atoms with Gasteiger partial charge in [0.1, 0.15) is 5.75 Å². The molecule has 0 aliphatic carbocycles. The fourth-order valence-corrected chi connectivity index (χ4v) is 2.29. The van der Waals surface area contributed by atoms with Crippen molar-refractivity contribution < 1.29 is 5.11 Å². The van der Waals surface area contributed by atoms with Crippen molar-refractivity contribution in [3.8, 4) is 16.9 Å². The molecule has 2 N–H and O–H groups in total. The van der Waals surface area contributed by atoms with Gasteiger partial charge in [-0.05, 0) is 41.3 Å². The Hall–Kier alpha value is -1.96. The van der Waals surface area contributed by atoms with Crippen molar-refractivity contribution in [3.63, 3.8) is 0 Å². The molecular weight excluding hydrogens is 198 g/mol. The molecule has 2 heteroatoms. The highest BCUT2D eigenvalue weighted by Crippen LogP contribution is 2.33. The van der Waals surface area contributed by atoms with Crippen LogP contribution in [-0.2, 0) is 6.42 Å². The summed E-state index contributed by atoms with van der Waals surface area (Å²) in [5.74, 6) is 0.320. The second-order valence-electron chi connectivity index (χ2n) is 4.06. The highest BCUT2D eigenvalue weighted by Gasteiger charge is 2.14. The molecule has 2 aromatic rings. The molecule has 0 saturated carbocycles. The van der Waals surface area contributed by atoms with Crippen LogP contribution in [0.15, 0.2) is 42.5 Å². The molecule has 0 fully saturated rings. The minimum atomic E-state index is 0.320. The zero-order valence-electron chi connectivity index (χ0n) is 8.90. The standard InChI is InChI=1S/C14H13NO/c16-11-4-1-3-10(9-11)12-5-2-6-14-13(12)7-8-15-14/h1-6,9,15-16H,7-8H2. The fourth-order valence-electron chi connectivity index (χ4n) is 2.29. The summed E-state index contributed by atoms with van der Waals surface area (Å²) >= 11 is 0. The minimum absolute atomic E-state index is 0.320. The quantitative estimate of drug-likeness (QED) is 0.760. The molecule has 0 aromatic heterocycles. The largest absolute Gasteiger partial charge is 0.508 e. The number of phenolic OH excluding ortho intramolecular Hbond substituents is 1. The molecule has 1 aliphatic heterocycles. The van der Waals surface area contributed by atoms with Gasteiger partial charge in [-0.15, -0.1) is 0 Å². The van der Waals surface area contributed by atoms with Crippen LogP contribution >= 0.6 is 0 Å². The smallest absolute Gasteiger partial charge is 0.116 e. The lowest BCUT2D eigenvalue weighted by molar-refractivity contribution is 0.475. The maximum Gasteiger partial charge on any atom is 0.116 e. The molecule has 2 aromatic carbocycles. The highest BCUT2D eigenvalue weighted by atomic mass is 16.3. The van der Waals surface area contributed by atoms with Gasteiger partial charge in [-0.2, -0.15) is 0 Å². The molecule has 2 nitrogen and oxygen atoms in total. The van der Waals surface area contributed by atoms with E-state index in [0.29, 0.717) is 5.75 Å². The molecule has 0 spiro atoms. The number of anilines is 1. The van der Waals surface area contributed by atoms with Gasteiger partial charge in [-0.25, -0.2) is 0 Å². The zero-order chi connectivity index (χ0) is 11.0. The van der Waals surface area contributed by atoms with Crippen molar-refractivity contribution in [1.29, 1.82) is 0 Å². The van der Waals surface area contributed by atoms with Gasteiger partial charge in [0, 0.05) is 12.2 Å². The van der Waals surface area contributed by atoms with Crippen molar-refractivity contribution in [1.82, 2.24) is 0 Å². The SMILES string of the molecule is Oc1cccc(-c2cccc3c2CCN3)c1. The molecule has 0 radical (unpaired) electrons. The second-order valence-corrected chi connectivity index (χ2v) is 4.06. The molecule has 0 atom stereocenters. The maximum atomic E-state index is 9.51. The van der Waals surface area contributed by atoms with E-state index in [1.54, 1.807) is 6.07 Å². The summed E-state index contributed by atoms with van der Waals surface area (Å²) in [7, 11) is 0. The van der Waals surface area contributed by atoms with Crippen molar-refractivity contribution in [2.75, 3.05) is 11.9 Å². The minimum Gasteiger partial charge on any atom is -0.508 e. The van der Waals surface area contributed by atoms with E-state index in [4.69, 9.17) is 0 Å². The summed E-state index contributed by atoms with van der Waals surface area (Å²) in [6.45, 7) is 1.01. The van der Waals surface area contributed by atoms with Gasteiger partial charge in [-0.3, -0.25) is 0 Å². The highest BCUT2D eigenvalue weighted by molar-refractivity contribution is 5.76. The van der Waals surface area contributed by atoms with E-state index < -0.39 is 0 Å². The second kappa shape index (κ2) is 3.56. The Balaban J connectivity index is 2.17. The number of hydrogen-bond donors (Lipinski definition) is 2. The molecule has 0 saturated heterocycles. The van der Waals surface area contributed by atoms with Crippen molar-refractivity contribution in [2.45, 2.75) is 6.42 Å². The molecule has 80 valence electrons. The van der Waals surface area contributed by atoms with Crippen molar-refractivity contribution in [3.05, 3.63) is 48.0 Å². The van der Waals surface area contributed by atoms with Crippen LogP contribution < -0.4 is 5.32 Å². The van der Waals surface area contributed by atoms with Gasteiger partial charge in [0.05, 0.1) is 0 Å². The number of benzene rings is 2. The number of phenols is 1. The summed E-state index contributed by atoms with van der Waals surface area (Å²) in [6, 6.07) is 13.7. The van der Waals surface area contributed by atoms with Crippen LogP contribution in [0.2, 0.25) is 0 Å². The lowest BCUT2D eigenvalue weighted by Crippen LogP contribution is -1.90. The monoisotopic (exact) mass is 211 g/mol. The molecule has 3 rings (SSSR count). The average Bonchev–Trinajstić information content (AvgIpc) is 2.76. The van der Waals surface area contributed by atoms with Crippen molar-refractivity contribution >= 4 is 5.69 Å². The molecule has 0 unspecified atom stereocenters. The molecular formula is C14H13NO. The summed E-state index contributed by atoms with van der Waals surface area (Å²) in [6.07, 6.45) is 1.06. The molecule has 1 heterocycles. The normalized spacial score (nSPS) is 13.2. The summed E-state index contributed by atoms with van der Waals surface area (Å²) < 4.78 is 0. The van der Waals surface area contributed by atoms with Crippen LogP contribution in [0.4, 0.5) is 5.69 Å². The number of aromatic hydroxyl groups is 1. The fraction of sp³-hybridized carbons (Fsp3) is 0.143. The first-order valence-electron chi connectivity index (χ1n) is 5.50. The van der Waals surface area contributed by atoms with Gasteiger partial charge in [0.25, 0.3) is 0 Å². The third-order valence-electron chi connectivity index (χ3n) is 3.02. The Morgan fingerprint density at radius 3 is 2.81 bits per heavy atom. The Morgan fingerprint density at radius 1 is 1.06 bits per heavy atom. The Labute approximate surface area is 94.6 Å². The Bertz CT molecular complexity index is 534.